The molecule has 2 aliphatic rings. The lowest BCUT2D eigenvalue weighted by atomic mass is 9.98. The van der Waals surface area contributed by atoms with E-state index in [0.29, 0.717) is 23.8 Å². The fourth-order valence-corrected chi connectivity index (χ4v) is 3.95. The van der Waals surface area contributed by atoms with Crippen LogP contribution in [0.4, 0.5) is 0 Å². The molecule has 0 spiro atoms. The second kappa shape index (κ2) is 6.44. The lowest BCUT2D eigenvalue weighted by Crippen LogP contribution is -2.48. The molecule has 130 valence electrons. The number of rotatable bonds is 2. The number of nitrogens with zero attached hydrogens (tertiary/aromatic N) is 3. The number of amides is 1. The Hall–Kier alpha value is -1.07. The second-order valence-electron chi connectivity index (χ2n) is 7.93. The number of hydrogen-bond donors (Lipinski definition) is 1. The Morgan fingerprint density at radius 2 is 1.87 bits per heavy atom. The molecular formula is C17H29ClN4O. The summed E-state index contributed by atoms with van der Waals surface area (Å²) in [6.07, 6.45) is 4.64. The van der Waals surface area contributed by atoms with Crippen LogP contribution in [0.25, 0.3) is 0 Å². The molecule has 2 fully saturated rings. The largest absolute Gasteiger partial charge is 0.337 e. The summed E-state index contributed by atoms with van der Waals surface area (Å²) in [5.41, 5.74) is 1.50. The Kier molecular flexibility index (Phi) is 5.12. The summed E-state index contributed by atoms with van der Waals surface area (Å²) in [4.78, 5) is 14.7. The van der Waals surface area contributed by atoms with E-state index < -0.39 is 0 Å². The van der Waals surface area contributed by atoms with Crippen molar-refractivity contribution in [1.82, 2.24) is 20.0 Å². The summed E-state index contributed by atoms with van der Waals surface area (Å²) in [7, 11) is 1.93. The third-order valence-corrected chi connectivity index (χ3v) is 5.06. The van der Waals surface area contributed by atoms with Crippen LogP contribution < -0.4 is 5.32 Å². The average molecular weight is 341 g/mol. The lowest BCUT2D eigenvalue weighted by Gasteiger charge is -2.35. The van der Waals surface area contributed by atoms with E-state index in [1.54, 1.807) is 0 Å². The molecular weight excluding hydrogens is 312 g/mol. The van der Waals surface area contributed by atoms with Gasteiger partial charge in [-0.3, -0.25) is 9.48 Å². The van der Waals surface area contributed by atoms with Gasteiger partial charge in [0, 0.05) is 30.9 Å². The van der Waals surface area contributed by atoms with Crippen molar-refractivity contribution in [2.24, 2.45) is 0 Å². The number of aromatic nitrogens is 2. The molecule has 1 aromatic rings. The highest BCUT2D eigenvalue weighted by atomic mass is 35.5. The van der Waals surface area contributed by atoms with Crippen molar-refractivity contribution < 1.29 is 4.79 Å². The van der Waals surface area contributed by atoms with Gasteiger partial charge in [0.25, 0.3) is 5.91 Å². The molecule has 1 amide bonds. The zero-order valence-electron chi connectivity index (χ0n) is 14.8. The zero-order chi connectivity index (χ0) is 16.1. The molecule has 3 rings (SSSR count). The van der Waals surface area contributed by atoms with Crippen molar-refractivity contribution in [3.8, 4) is 0 Å². The molecule has 2 bridgehead atoms. The van der Waals surface area contributed by atoms with Crippen molar-refractivity contribution in [3.63, 3.8) is 0 Å². The maximum absolute atomic E-state index is 12.8. The number of carbonyl (C=O) groups excluding carboxylic acids is 1. The standard InChI is InChI=1S/C17H28N4O.ClH/c1-11-8-15(19-21(11)17(2,3)4)16(22)20(5)14-9-12-6-7-13(10-14)18-12;/h8,12-14,18H,6-7,9-10H2,1-5H3;1H. The van der Waals surface area contributed by atoms with Crippen molar-refractivity contribution in [2.45, 2.75) is 77.0 Å². The predicted molar refractivity (Wildman–Crippen MR) is 94.3 cm³/mol. The lowest BCUT2D eigenvalue weighted by molar-refractivity contribution is 0.0674. The Labute approximate surface area is 145 Å². The van der Waals surface area contributed by atoms with Crippen LogP contribution in [0.3, 0.4) is 0 Å². The van der Waals surface area contributed by atoms with Crippen molar-refractivity contribution in [3.05, 3.63) is 17.5 Å². The molecule has 0 aromatic carbocycles. The number of fused-ring (bicyclic) bond motifs is 2. The highest BCUT2D eigenvalue weighted by molar-refractivity contribution is 5.92. The van der Waals surface area contributed by atoms with Gasteiger partial charge >= 0.3 is 0 Å². The third-order valence-electron chi connectivity index (χ3n) is 5.06. The van der Waals surface area contributed by atoms with Crippen LogP contribution in [0.15, 0.2) is 6.07 Å². The first kappa shape index (κ1) is 18.3. The van der Waals surface area contributed by atoms with E-state index in [9.17, 15) is 4.79 Å². The van der Waals surface area contributed by atoms with Gasteiger partial charge in [-0.25, -0.2) is 0 Å². The van der Waals surface area contributed by atoms with Crippen LogP contribution in [0.5, 0.6) is 0 Å². The van der Waals surface area contributed by atoms with Crippen LogP contribution >= 0.6 is 12.4 Å². The quantitative estimate of drug-likeness (QED) is 0.900. The highest BCUT2D eigenvalue weighted by Gasteiger charge is 2.37. The number of piperidine rings is 1. The van der Waals surface area contributed by atoms with Crippen molar-refractivity contribution in [2.75, 3.05) is 7.05 Å². The monoisotopic (exact) mass is 340 g/mol. The smallest absolute Gasteiger partial charge is 0.274 e. The average Bonchev–Trinajstić information content (AvgIpc) is 2.99. The molecule has 1 N–H and O–H groups in total. The van der Waals surface area contributed by atoms with Crippen molar-refractivity contribution >= 4 is 18.3 Å². The second-order valence-corrected chi connectivity index (χ2v) is 7.93. The van der Waals surface area contributed by atoms with Crippen molar-refractivity contribution in [1.29, 1.82) is 0 Å². The van der Waals surface area contributed by atoms with Crippen LogP contribution in [0, 0.1) is 6.92 Å². The van der Waals surface area contributed by atoms with E-state index in [1.165, 1.54) is 12.8 Å². The van der Waals surface area contributed by atoms with Gasteiger partial charge in [0.05, 0.1) is 5.54 Å². The first-order valence-electron chi connectivity index (χ1n) is 8.36. The predicted octanol–water partition coefficient (Wildman–Crippen LogP) is 2.72. The van der Waals surface area contributed by atoms with Crippen LogP contribution in [-0.2, 0) is 5.54 Å². The molecule has 0 radical (unpaired) electrons. The summed E-state index contributed by atoms with van der Waals surface area (Å²) in [5, 5.41) is 8.19. The van der Waals surface area contributed by atoms with Gasteiger partial charge in [-0.15, -0.1) is 12.4 Å². The van der Waals surface area contributed by atoms with E-state index in [2.05, 4.69) is 31.2 Å². The third kappa shape index (κ3) is 3.56. The van der Waals surface area contributed by atoms with Gasteiger partial charge < -0.3 is 10.2 Å². The van der Waals surface area contributed by atoms with Gasteiger partial charge in [-0.2, -0.15) is 5.10 Å². The Bertz CT molecular complexity index is 566. The molecule has 23 heavy (non-hydrogen) atoms. The zero-order valence-corrected chi connectivity index (χ0v) is 15.6. The fraction of sp³-hybridized carbons (Fsp3) is 0.765. The summed E-state index contributed by atoms with van der Waals surface area (Å²) in [6, 6.07) is 3.44. The molecule has 1 aromatic heterocycles. The summed E-state index contributed by atoms with van der Waals surface area (Å²) in [6.45, 7) is 8.33. The number of halogens is 1. The summed E-state index contributed by atoms with van der Waals surface area (Å²) >= 11 is 0. The minimum absolute atomic E-state index is 0. The maximum atomic E-state index is 12.8. The number of nitrogens with one attached hydrogen (secondary N) is 1. The molecule has 2 atom stereocenters. The molecule has 5 nitrogen and oxygen atoms in total. The Morgan fingerprint density at radius 1 is 1.30 bits per heavy atom. The van der Waals surface area contributed by atoms with E-state index in [0.717, 1.165) is 18.5 Å². The van der Waals surface area contributed by atoms with Gasteiger partial charge in [-0.1, -0.05) is 0 Å². The van der Waals surface area contributed by atoms with Gasteiger partial charge in [0.1, 0.15) is 0 Å². The van der Waals surface area contributed by atoms with Gasteiger partial charge in [0.2, 0.25) is 0 Å². The molecule has 2 aliphatic heterocycles. The number of carbonyl (C=O) groups is 1. The van der Waals surface area contributed by atoms with E-state index >= 15 is 0 Å². The van der Waals surface area contributed by atoms with Gasteiger partial charge in [-0.05, 0) is 59.4 Å². The van der Waals surface area contributed by atoms with Crippen LogP contribution in [0.2, 0.25) is 0 Å². The molecule has 0 aliphatic carbocycles. The first-order chi connectivity index (χ1) is 10.3. The van der Waals surface area contributed by atoms with E-state index in [4.69, 9.17) is 0 Å². The Balaban J connectivity index is 0.00000192. The highest BCUT2D eigenvalue weighted by Crippen LogP contribution is 2.30. The maximum Gasteiger partial charge on any atom is 0.274 e. The molecule has 0 saturated carbocycles. The number of hydrogen-bond acceptors (Lipinski definition) is 3. The van der Waals surface area contributed by atoms with E-state index in [1.807, 2.05) is 29.6 Å². The van der Waals surface area contributed by atoms with E-state index in [-0.39, 0.29) is 23.9 Å². The molecule has 6 heteroatoms. The SMILES string of the molecule is Cc1cc(C(=O)N(C)C2CC3CCC(C2)N3)nn1C(C)(C)C.Cl. The first-order valence-corrected chi connectivity index (χ1v) is 8.36. The fourth-order valence-electron chi connectivity index (χ4n) is 3.95. The number of aryl methyl sites for hydroxylation is 1. The summed E-state index contributed by atoms with van der Waals surface area (Å²) < 4.78 is 1.94. The van der Waals surface area contributed by atoms with Crippen LogP contribution in [-0.4, -0.2) is 45.8 Å². The summed E-state index contributed by atoms with van der Waals surface area (Å²) in [5.74, 6) is 0.0531. The molecule has 3 heterocycles. The molecule has 2 unspecified atom stereocenters. The van der Waals surface area contributed by atoms with Crippen LogP contribution in [0.1, 0.15) is 62.6 Å². The topological polar surface area (TPSA) is 50.2 Å². The molecule has 2 saturated heterocycles. The Morgan fingerprint density at radius 3 is 2.35 bits per heavy atom. The minimum atomic E-state index is -0.102. The minimum Gasteiger partial charge on any atom is -0.337 e. The van der Waals surface area contributed by atoms with Gasteiger partial charge in [0.15, 0.2) is 5.69 Å². The normalized spacial score (nSPS) is 26.7.